The van der Waals surface area contributed by atoms with E-state index in [0.717, 1.165) is 0 Å². The van der Waals surface area contributed by atoms with Crippen LogP contribution in [-0.4, -0.2) is 50.7 Å². The SMILES string of the molecule is N.O=COC=O.[Ca+2].[H-].[H-].[H-].[K+]. The van der Waals surface area contributed by atoms with Gasteiger partial charge in [-0.15, -0.1) is 0 Å². The first-order chi connectivity index (χ1) is 2.41. The molecule has 4 nitrogen and oxygen atoms in total. The second-order valence-electron chi connectivity index (χ2n) is 0.329. The van der Waals surface area contributed by atoms with Gasteiger partial charge in [0.2, 0.25) is 0 Å². The summed E-state index contributed by atoms with van der Waals surface area (Å²) >= 11 is 0. The maximum atomic E-state index is 8.95. The molecule has 0 saturated heterocycles. The first-order valence-electron chi connectivity index (χ1n) is 0.943. The molecule has 0 amide bonds. The summed E-state index contributed by atoms with van der Waals surface area (Å²) in [6.45, 7) is 0.125. The summed E-state index contributed by atoms with van der Waals surface area (Å²) in [5.41, 5.74) is 0. The minimum absolute atomic E-state index is 0. The van der Waals surface area contributed by atoms with Gasteiger partial charge in [-0.2, -0.15) is 0 Å². The van der Waals surface area contributed by atoms with Crippen LogP contribution in [0.25, 0.3) is 0 Å². The van der Waals surface area contributed by atoms with Gasteiger partial charge in [0, 0.05) is 0 Å². The topological polar surface area (TPSA) is 78.4 Å². The molecule has 0 aromatic carbocycles. The van der Waals surface area contributed by atoms with Crippen LogP contribution in [0.2, 0.25) is 0 Å². The summed E-state index contributed by atoms with van der Waals surface area (Å²) in [5.74, 6) is 0. The fourth-order valence-corrected chi connectivity index (χ4v) is 0.0227. The van der Waals surface area contributed by atoms with E-state index in [-0.39, 0.29) is 112 Å². The number of hydrogen-bond acceptors (Lipinski definition) is 4. The van der Waals surface area contributed by atoms with Crippen LogP contribution in [0.3, 0.4) is 0 Å². The molecule has 0 spiro atoms. The molecule has 0 aliphatic rings. The van der Waals surface area contributed by atoms with Gasteiger partial charge in [-0.25, -0.2) is 0 Å². The number of rotatable bonds is 2. The average Bonchev–Trinajstić information content (AvgIpc) is 1.41. The quantitative estimate of drug-likeness (QED) is 0.266. The zero-order valence-electron chi connectivity index (χ0n) is 7.79. The van der Waals surface area contributed by atoms with Gasteiger partial charge in [-0.05, 0) is 0 Å². The number of ether oxygens (including phenoxy) is 1. The van der Waals surface area contributed by atoms with E-state index in [2.05, 4.69) is 4.74 Å². The molecular formula is C2H8CaKNO3. The van der Waals surface area contributed by atoms with Gasteiger partial charge < -0.3 is 15.2 Å². The van der Waals surface area contributed by atoms with Crippen molar-refractivity contribution in [2.75, 3.05) is 0 Å². The van der Waals surface area contributed by atoms with Crippen molar-refractivity contribution >= 4 is 50.7 Å². The van der Waals surface area contributed by atoms with Crippen molar-refractivity contribution in [3.8, 4) is 0 Å². The van der Waals surface area contributed by atoms with Crippen molar-refractivity contribution in [1.82, 2.24) is 6.15 Å². The summed E-state index contributed by atoms with van der Waals surface area (Å²) in [5, 5.41) is 0. The molecule has 3 N–H and O–H groups in total. The summed E-state index contributed by atoms with van der Waals surface area (Å²) in [6, 6.07) is 0. The molecule has 0 atom stereocenters. The van der Waals surface area contributed by atoms with E-state index < -0.39 is 0 Å². The van der Waals surface area contributed by atoms with Crippen LogP contribution in [0.4, 0.5) is 0 Å². The van der Waals surface area contributed by atoms with Crippen LogP contribution < -0.4 is 57.5 Å². The molecule has 0 aromatic rings. The molecule has 0 radical (unpaired) electrons. The molecule has 0 bridgehead atoms. The monoisotopic (exact) mass is 173 g/mol. The van der Waals surface area contributed by atoms with Crippen molar-refractivity contribution in [2.24, 2.45) is 0 Å². The normalized spacial score (nSPS) is 3.50. The molecule has 0 unspecified atom stereocenters. The molecule has 0 rings (SSSR count). The zero-order valence-corrected chi connectivity index (χ0v) is 10.1. The first kappa shape index (κ1) is 22.5. The second kappa shape index (κ2) is 23.0. The Hall–Kier alpha value is 2.00. The minimum atomic E-state index is 0. The van der Waals surface area contributed by atoms with Crippen molar-refractivity contribution in [3.05, 3.63) is 0 Å². The molecular weight excluding hydrogens is 165 g/mol. The van der Waals surface area contributed by atoms with Crippen molar-refractivity contribution in [2.45, 2.75) is 0 Å². The molecule has 0 saturated carbocycles. The Morgan fingerprint density at radius 3 is 1.50 bits per heavy atom. The fourth-order valence-electron chi connectivity index (χ4n) is 0.0227. The maximum absolute atomic E-state index is 8.95. The third-order valence-electron chi connectivity index (χ3n) is 0.111. The van der Waals surface area contributed by atoms with Gasteiger partial charge in [0.05, 0.1) is 0 Å². The van der Waals surface area contributed by atoms with E-state index in [0.29, 0.717) is 0 Å². The fraction of sp³-hybridized carbons (Fsp3) is 0. The molecule has 0 fully saturated rings. The van der Waals surface area contributed by atoms with E-state index in [1.807, 2.05) is 0 Å². The van der Waals surface area contributed by atoms with Gasteiger partial charge in [0.25, 0.3) is 0 Å². The smallest absolute Gasteiger partial charge is 1.00 e. The third-order valence-corrected chi connectivity index (χ3v) is 0.111. The van der Waals surface area contributed by atoms with Gasteiger partial charge in [0.1, 0.15) is 0 Å². The summed E-state index contributed by atoms with van der Waals surface area (Å²) in [6.07, 6.45) is 0. The Bertz CT molecular complexity index is 55.8. The predicted octanol–water partition coefficient (Wildman–Crippen LogP) is -3.56. The van der Waals surface area contributed by atoms with Crippen molar-refractivity contribution in [1.29, 1.82) is 0 Å². The summed E-state index contributed by atoms with van der Waals surface area (Å²) in [7, 11) is 0. The Morgan fingerprint density at radius 2 is 1.50 bits per heavy atom. The van der Waals surface area contributed by atoms with E-state index in [1.54, 1.807) is 0 Å². The van der Waals surface area contributed by atoms with Crippen LogP contribution in [0.5, 0.6) is 0 Å². The molecule has 0 heterocycles. The number of carbonyl (C=O) groups is 2. The molecule has 0 aromatic heterocycles. The Labute approximate surface area is 124 Å². The molecule has 8 heavy (non-hydrogen) atoms. The first-order valence-corrected chi connectivity index (χ1v) is 0.943. The maximum Gasteiger partial charge on any atom is 2.00 e. The molecule has 6 heteroatoms. The standard InChI is InChI=1S/C2H2O3.Ca.K.H3N.3H/c3-1-5-2-4;;;;;;/h1-2H;;;1H3;;;/q;+2;+1;;3*-1. The Morgan fingerprint density at radius 1 is 1.25 bits per heavy atom. The van der Waals surface area contributed by atoms with E-state index >= 15 is 0 Å². The third kappa shape index (κ3) is 24.5. The van der Waals surface area contributed by atoms with Crippen molar-refractivity contribution < 1.29 is 70.0 Å². The molecule has 42 valence electrons. The molecule has 0 aliphatic carbocycles. The van der Waals surface area contributed by atoms with E-state index in [1.165, 1.54) is 0 Å². The van der Waals surface area contributed by atoms with E-state index in [4.69, 9.17) is 9.59 Å². The summed E-state index contributed by atoms with van der Waals surface area (Å²) in [4.78, 5) is 17.9. The Balaban J connectivity index is -0.00000000533. The van der Waals surface area contributed by atoms with Crippen LogP contribution in [0.15, 0.2) is 0 Å². The van der Waals surface area contributed by atoms with Crippen LogP contribution in [0, 0.1) is 0 Å². The molecule has 0 aliphatic heterocycles. The minimum Gasteiger partial charge on any atom is -1.00 e. The second-order valence-corrected chi connectivity index (χ2v) is 0.329. The number of hydrogen-bond donors (Lipinski definition) is 1. The van der Waals surface area contributed by atoms with Crippen molar-refractivity contribution in [3.63, 3.8) is 0 Å². The van der Waals surface area contributed by atoms with Crippen LogP contribution in [0.1, 0.15) is 4.28 Å². The van der Waals surface area contributed by atoms with E-state index in [9.17, 15) is 0 Å². The summed E-state index contributed by atoms with van der Waals surface area (Å²) < 4.78 is 3.47. The van der Waals surface area contributed by atoms with Gasteiger partial charge in [-0.1, -0.05) is 0 Å². The van der Waals surface area contributed by atoms with Gasteiger partial charge in [0.15, 0.2) is 0 Å². The van der Waals surface area contributed by atoms with Crippen LogP contribution in [-0.2, 0) is 14.3 Å². The average molecular weight is 173 g/mol. The number of carbonyl (C=O) groups excluding carboxylic acids is 2. The van der Waals surface area contributed by atoms with Gasteiger partial charge >= 0.3 is 102 Å². The van der Waals surface area contributed by atoms with Gasteiger partial charge in [-0.3, -0.25) is 9.59 Å². The predicted molar refractivity (Wildman–Crippen MR) is 27.3 cm³/mol. The largest absolute Gasteiger partial charge is 2.00 e. The van der Waals surface area contributed by atoms with Crippen LogP contribution >= 0.6 is 0 Å². The Kier molecular flexibility index (Phi) is 64.8. The zero-order chi connectivity index (χ0) is 4.12.